The molecular formula is C28H37N3O5. The van der Waals surface area contributed by atoms with E-state index in [1.54, 1.807) is 25.7 Å². The van der Waals surface area contributed by atoms with Gasteiger partial charge in [0.25, 0.3) is 5.91 Å². The summed E-state index contributed by atoms with van der Waals surface area (Å²) in [5, 5.41) is 4.60. The number of benzene rings is 2. The summed E-state index contributed by atoms with van der Waals surface area (Å²) in [4.78, 5) is 43.0. The van der Waals surface area contributed by atoms with Gasteiger partial charge in [0, 0.05) is 32.1 Å². The summed E-state index contributed by atoms with van der Waals surface area (Å²) in [6.07, 6.45) is 0.691. The minimum absolute atomic E-state index is 0.0307. The first kappa shape index (κ1) is 25.9. The van der Waals surface area contributed by atoms with Gasteiger partial charge in [0.1, 0.15) is 5.60 Å². The van der Waals surface area contributed by atoms with Crippen LogP contribution in [-0.4, -0.2) is 71.7 Å². The molecule has 2 aliphatic rings. The van der Waals surface area contributed by atoms with Gasteiger partial charge in [-0.05, 0) is 70.4 Å². The third kappa shape index (κ3) is 6.16. The first-order valence-electron chi connectivity index (χ1n) is 12.8. The summed E-state index contributed by atoms with van der Waals surface area (Å²) in [5.41, 5.74) is 0.179. The molecule has 0 saturated carbocycles. The van der Waals surface area contributed by atoms with Crippen molar-refractivity contribution in [2.45, 2.75) is 65.3 Å². The normalized spacial score (nSPS) is 21.4. The zero-order valence-electron chi connectivity index (χ0n) is 21.9. The second-order valence-corrected chi connectivity index (χ2v) is 10.9. The molecule has 0 aliphatic carbocycles. The van der Waals surface area contributed by atoms with Crippen LogP contribution in [0.15, 0.2) is 36.4 Å². The van der Waals surface area contributed by atoms with E-state index in [0.29, 0.717) is 50.3 Å². The van der Waals surface area contributed by atoms with E-state index < -0.39 is 11.7 Å². The van der Waals surface area contributed by atoms with E-state index >= 15 is 0 Å². The van der Waals surface area contributed by atoms with Crippen molar-refractivity contribution in [2.24, 2.45) is 5.92 Å². The molecular weight excluding hydrogens is 458 g/mol. The molecule has 2 aromatic carbocycles. The van der Waals surface area contributed by atoms with Crippen molar-refractivity contribution in [3.63, 3.8) is 0 Å². The van der Waals surface area contributed by atoms with E-state index in [0.717, 1.165) is 10.8 Å². The number of anilines is 1. The van der Waals surface area contributed by atoms with Gasteiger partial charge in [-0.2, -0.15) is 0 Å². The number of hydrogen-bond acceptors (Lipinski definition) is 5. The van der Waals surface area contributed by atoms with Crippen LogP contribution in [0.2, 0.25) is 0 Å². The Balaban J connectivity index is 1.48. The highest BCUT2D eigenvalue weighted by molar-refractivity contribution is 6.07. The monoisotopic (exact) mass is 495 g/mol. The minimum Gasteiger partial charge on any atom is -0.444 e. The average molecular weight is 496 g/mol. The van der Waals surface area contributed by atoms with Crippen LogP contribution in [0.5, 0.6) is 0 Å². The molecule has 2 atom stereocenters. The Bertz CT molecular complexity index is 1120. The fourth-order valence-electron chi connectivity index (χ4n) is 5.05. The highest BCUT2D eigenvalue weighted by atomic mass is 16.6. The van der Waals surface area contributed by atoms with Gasteiger partial charge < -0.3 is 19.3 Å². The van der Waals surface area contributed by atoms with Gasteiger partial charge in [-0.25, -0.2) is 4.79 Å². The summed E-state index contributed by atoms with van der Waals surface area (Å²) >= 11 is 0. The quantitative estimate of drug-likeness (QED) is 0.668. The van der Waals surface area contributed by atoms with Crippen molar-refractivity contribution in [3.05, 3.63) is 42.0 Å². The number of piperidine rings is 1. The summed E-state index contributed by atoms with van der Waals surface area (Å²) in [6, 6.07) is 11.3. The third-order valence-corrected chi connectivity index (χ3v) is 6.61. The van der Waals surface area contributed by atoms with Crippen molar-refractivity contribution in [1.82, 2.24) is 9.80 Å². The number of ether oxygens (including phenoxy) is 2. The molecule has 0 spiro atoms. The van der Waals surface area contributed by atoms with Crippen molar-refractivity contribution < 1.29 is 23.9 Å². The lowest BCUT2D eigenvalue weighted by Gasteiger charge is -2.39. The van der Waals surface area contributed by atoms with Crippen LogP contribution in [0.3, 0.4) is 0 Å². The van der Waals surface area contributed by atoms with Gasteiger partial charge in [-0.3, -0.25) is 14.9 Å². The van der Waals surface area contributed by atoms with Crippen LogP contribution in [0.25, 0.3) is 10.8 Å². The molecule has 1 N–H and O–H groups in total. The van der Waals surface area contributed by atoms with Gasteiger partial charge in [0.2, 0.25) is 5.91 Å². The van der Waals surface area contributed by atoms with Crippen molar-refractivity contribution >= 4 is 34.4 Å². The van der Waals surface area contributed by atoms with Gasteiger partial charge in [-0.1, -0.05) is 24.3 Å². The van der Waals surface area contributed by atoms with E-state index in [4.69, 9.17) is 9.47 Å². The summed E-state index contributed by atoms with van der Waals surface area (Å²) in [6.45, 7) is 11.6. The lowest BCUT2D eigenvalue weighted by molar-refractivity contribution is -0.148. The maximum absolute atomic E-state index is 13.6. The summed E-state index contributed by atoms with van der Waals surface area (Å²) in [5.74, 6) is -0.101. The van der Waals surface area contributed by atoms with Crippen LogP contribution in [0, 0.1) is 5.92 Å². The number of fused-ring (bicyclic) bond motifs is 1. The number of rotatable bonds is 3. The fourth-order valence-corrected chi connectivity index (χ4v) is 5.05. The van der Waals surface area contributed by atoms with Gasteiger partial charge in [-0.15, -0.1) is 0 Å². The Labute approximate surface area is 212 Å². The van der Waals surface area contributed by atoms with E-state index in [1.165, 1.54) is 0 Å². The minimum atomic E-state index is -0.657. The van der Waals surface area contributed by atoms with Crippen LogP contribution < -0.4 is 5.32 Å². The smallest absolute Gasteiger partial charge is 0.412 e. The van der Waals surface area contributed by atoms with Crippen molar-refractivity contribution in [1.29, 1.82) is 0 Å². The molecule has 2 fully saturated rings. The molecule has 2 unspecified atom stereocenters. The molecule has 194 valence electrons. The molecule has 3 amide bonds. The Kier molecular flexibility index (Phi) is 7.54. The molecule has 0 bridgehead atoms. The van der Waals surface area contributed by atoms with Crippen LogP contribution in [0.1, 0.15) is 57.8 Å². The Morgan fingerprint density at radius 1 is 0.944 bits per heavy atom. The van der Waals surface area contributed by atoms with Gasteiger partial charge in [0.05, 0.1) is 23.5 Å². The zero-order valence-corrected chi connectivity index (χ0v) is 21.9. The van der Waals surface area contributed by atoms with Gasteiger partial charge in [0.15, 0.2) is 0 Å². The molecule has 2 heterocycles. The van der Waals surface area contributed by atoms with Crippen LogP contribution >= 0.6 is 0 Å². The Morgan fingerprint density at radius 2 is 1.53 bits per heavy atom. The molecule has 36 heavy (non-hydrogen) atoms. The Morgan fingerprint density at radius 3 is 2.11 bits per heavy atom. The summed E-state index contributed by atoms with van der Waals surface area (Å²) < 4.78 is 11.2. The highest BCUT2D eigenvalue weighted by Crippen LogP contribution is 2.29. The molecule has 0 radical (unpaired) electrons. The number of likely N-dealkylation sites (tertiary alicyclic amines) is 1. The van der Waals surface area contributed by atoms with Crippen LogP contribution in [0.4, 0.5) is 10.5 Å². The highest BCUT2D eigenvalue weighted by Gasteiger charge is 2.34. The number of carbonyl (C=O) groups excluding carboxylic acids is 3. The number of amides is 3. The predicted molar refractivity (Wildman–Crippen MR) is 139 cm³/mol. The van der Waals surface area contributed by atoms with E-state index in [1.807, 2.05) is 55.1 Å². The largest absolute Gasteiger partial charge is 0.444 e. The number of morpholine rings is 1. The van der Waals surface area contributed by atoms with Crippen LogP contribution in [-0.2, 0) is 14.3 Å². The number of carbonyl (C=O) groups is 3. The Hall–Kier alpha value is -3.13. The lowest BCUT2D eigenvalue weighted by atomic mass is 9.94. The van der Waals surface area contributed by atoms with Gasteiger partial charge >= 0.3 is 6.09 Å². The summed E-state index contributed by atoms with van der Waals surface area (Å²) in [7, 11) is 0. The first-order valence-corrected chi connectivity index (χ1v) is 12.8. The molecule has 0 aromatic heterocycles. The van der Waals surface area contributed by atoms with E-state index in [-0.39, 0.29) is 29.9 Å². The number of nitrogens with one attached hydrogen (secondary N) is 1. The maximum atomic E-state index is 13.6. The SMILES string of the molecule is CC1CN(C(=O)C2CCN(C(=O)c3cc4ccccc4cc3NC(=O)OC(C)(C)C)CC2)CC(C)O1. The van der Waals surface area contributed by atoms with Crippen molar-refractivity contribution in [3.8, 4) is 0 Å². The van der Waals surface area contributed by atoms with Crippen molar-refractivity contribution in [2.75, 3.05) is 31.5 Å². The van der Waals surface area contributed by atoms with E-state index in [2.05, 4.69) is 5.32 Å². The number of nitrogens with zero attached hydrogens (tertiary/aromatic N) is 2. The average Bonchev–Trinajstić information content (AvgIpc) is 2.81. The topological polar surface area (TPSA) is 88.2 Å². The molecule has 2 aromatic rings. The maximum Gasteiger partial charge on any atom is 0.412 e. The zero-order chi connectivity index (χ0) is 26.0. The lowest BCUT2D eigenvalue weighted by Crippen LogP contribution is -2.51. The molecule has 4 rings (SSSR count). The first-order chi connectivity index (χ1) is 17.0. The standard InChI is InChI=1S/C28H37N3O5/c1-18-16-31(17-19(2)35-18)25(32)20-10-12-30(13-11-20)26(33)23-14-21-8-6-7-9-22(21)15-24(23)29-27(34)36-28(3,4)5/h6-9,14-15,18-20H,10-13,16-17H2,1-5H3,(H,29,34). The molecule has 8 nitrogen and oxygen atoms in total. The third-order valence-electron chi connectivity index (χ3n) is 6.61. The number of hydrogen-bond donors (Lipinski definition) is 1. The molecule has 2 aliphatic heterocycles. The molecule has 8 heteroatoms. The van der Waals surface area contributed by atoms with E-state index in [9.17, 15) is 14.4 Å². The fraction of sp³-hybridized carbons (Fsp3) is 0.536. The second kappa shape index (κ2) is 10.5. The predicted octanol–water partition coefficient (Wildman–Crippen LogP) is 4.67. The molecule has 2 saturated heterocycles. The second-order valence-electron chi connectivity index (χ2n) is 10.9.